The molecule has 0 aliphatic carbocycles. The van der Waals surface area contributed by atoms with Crippen LogP contribution in [0.1, 0.15) is 11.1 Å². The predicted molar refractivity (Wildman–Crippen MR) is 63.2 cm³/mol. The smallest absolute Gasteiger partial charge is 0.316 e. The molecule has 0 saturated carbocycles. The fourth-order valence-corrected chi connectivity index (χ4v) is 1.38. The van der Waals surface area contributed by atoms with Crippen molar-refractivity contribution in [2.24, 2.45) is 0 Å². The van der Waals surface area contributed by atoms with Gasteiger partial charge in [0.05, 0.1) is 7.11 Å². The van der Waals surface area contributed by atoms with Gasteiger partial charge in [0.1, 0.15) is 0 Å². The van der Waals surface area contributed by atoms with Crippen LogP contribution >= 0.6 is 0 Å². The van der Waals surface area contributed by atoms with Crippen molar-refractivity contribution >= 4 is 5.57 Å². The zero-order valence-electron chi connectivity index (χ0n) is 9.05. The van der Waals surface area contributed by atoms with Crippen LogP contribution in [0.4, 0.5) is 0 Å². The molecule has 3 nitrogen and oxygen atoms in total. The number of benzene rings is 1. The lowest BCUT2D eigenvalue weighted by Crippen LogP contribution is -1.93. The Labute approximate surface area is 94.4 Å². The predicted octanol–water partition coefficient (Wildman–Crippen LogP) is 2.55. The topological polar surface area (TPSA) is 35.0 Å². The first-order valence-corrected chi connectivity index (χ1v) is 4.92. The van der Waals surface area contributed by atoms with Crippen molar-refractivity contribution in [3.05, 3.63) is 60.4 Å². The number of rotatable bonds is 3. The Morgan fingerprint density at radius 1 is 1.06 bits per heavy atom. The molecule has 0 bridgehead atoms. The van der Waals surface area contributed by atoms with Crippen LogP contribution in [0.3, 0.4) is 0 Å². The molecule has 0 aliphatic heterocycles. The van der Waals surface area contributed by atoms with Crippen LogP contribution < -0.4 is 4.74 Å². The van der Waals surface area contributed by atoms with E-state index >= 15 is 0 Å². The Morgan fingerprint density at radius 2 is 1.69 bits per heavy atom. The maximum absolute atomic E-state index is 4.90. The summed E-state index contributed by atoms with van der Waals surface area (Å²) in [6.07, 6.45) is 3.42. The van der Waals surface area contributed by atoms with Gasteiger partial charge < -0.3 is 4.74 Å². The van der Waals surface area contributed by atoms with E-state index in [1.165, 1.54) is 0 Å². The second kappa shape index (κ2) is 4.57. The molecule has 80 valence electrons. The quantitative estimate of drug-likeness (QED) is 0.784. The standard InChI is InChI=1S/C13H12N2O/c1-10(11-6-4-3-5-7-11)12-8-14-13(16-2)15-9-12/h3-9H,1H2,2H3. The van der Waals surface area contributed by atoms with Gasteiger partial charge in [-0.15, -0.1) is 0 Å². The van der Waals surface area contributed by atoms with Crippen molar-refractivity contribution in [2.75, 3.05) is 7.11 Å². The van der Waals surface area contributed by atoms with Gasteiger partial charge in [-0.2, -0.15) is 0 Å². The van der Waals surface area contributed by atoms with Gasteiger partial charge in [0.15, 0.2) is 0 Å². The average Bonchev–Trinajstić information content (AvgIpc) is 2.39. The molecule has 0 amide bonds. The van der Waals surface area contributed by atoms with E-state index in [9.17, 15) is 0 Å². The minimum atomic E-state index is 0.365. The van der Waals surface area contributed by atoms with Gasteiger partial charge in [-0.05, 0) is 11.1 Å². The molecule has 0 fully saturated rings. The van der Waals surface area contributed by atoms with Crippen molar-refractivity contribution in [3.63, 3.8) is 0 Å². The number of nitrogens with zero attached hydrogens (tertiary/aromatic N) is 2. The largest absolute Gasteiger partial charge is 0.467 e. The van der Waals surface area contributed by atoms with E-state index in [2.05, 4.69) is 16.5 Å². The normalized spacial score (nSPS) is 9.81. The minimum absolute atomic E-state index is 0.365. The third-order valence-electron chi connectivity index (χ3n) is 2.28. The van der Waals surface area contributed by atoms with E-state index in [1.807, 2.05) is 30.3 Å². The van der Waals surface area contributed by atoms with Crippen LogP contribution in [0, 0.1) is 0 Å². The van der Waals surface area contributed by atoms with Crippen molar-refractivity contribution in [3.8, 4) is 6.01 Å². The molecule has 2 rings (SSSR count). The van der Waals surface area contributed by atoms with Crippen LogP contribution in [-0.2, 0) is 0 Å². The Morgan fingerprint density at radius 3 is 2.25 bits per heavy atom. The fourth-order valence-electron chi connectivity index (χ4n) is 1.38. The number of aromatic nitrogens is 2. The lowest BCUT2D eigenvalue weighted by molar-refractivity contribution is 0.379. The van der Waals surface area contributed by atoms with Crippen LogP contribution in [0.15, 0.2) is 49.3 Å². The summed E-state index contributed by atoms with van der Waals surface area (Å²) in [7, 11) is 1.54. The summed E-state index contributed by atoms with van der Waals surface area (Å²) < 4.78 is 4.90. The molecule has 0 unspecified atom stereocenters. The van der Waals surface area contributed by atoms with Gasteiger partial charge in [0.25, 0.3) is 0 Å². The zero-order chi connectivity index (χ0) is 11.4. The monoisotopic (exact) mass is 212 g/mol. The molecule has 16 heavy (non-hydrogen) atoms. The third-order valence-corrected chi connectivity index (χ3v) is 2.28. The molecule has 2 aromatic rings. The van der Waals surface area contributed by atoms with Gasteiger partial charge in [0, 0.05) is 18.0 Å². The summed E-state index contributed by atoms with van der Waals surface area (Å²) in [5.41, 5.74) is 2.87. The summed E-state index contributed by atoms with van der Waals surface area (Å²) in [5, 5.41) is 0. The molecule has 1 aromatic heterocycles. The maximum atomic E-state index is 4.90. The summed E-state index contributed by atoms with van der Waals surface area (Å²) >= 11 is 0. The lowest BCUT2D eigenvalue weighted by Gasteiger charge is -2.05. The lowest BCUT2D eigenvalue weighted by atomic mass is 10.0. The van der Waals surface area contributed by atoms with Gasteiger partial charge in [-0.3, -0.25) is 0 Å². The summed E-state index contributed by atoms with van der Waals surface area (Å²) in [6.45, 7) is 4.03. The molecule has 1 heterocycles. The Hall–Kier alpha value is -2.16. The number of ether oxygens (including phenoxy) is 1. The highest BCUT2D eigenvalue weighted by Crippen LogP contribution is 2.20. The Balaban J connectivity index is 2.28. The number of hydrogen-bond donors (Lipinski definition) is 0. The molecule has 0 atom stereocenters. The number of methoxy groups -OCH3 is 1. The Bertz CT molecular complexity index is 477. The minimum Gasteiger partial charge on any atom is -0.467 e. The van der Waals surface area contributed by atoms with Gasteiger partial charge in [-0.25, -0.2) is 9.97 Å². The van der Waals surface area contributed by atoms with E-state index in [0.717, 1.165) is 16.7 Å². The molecule has 0 radical (unpaired) electrons. The van der Waals surface area contributed by atoms with Crippen LogP contribution in [-0.4, -0.2) is 17.1 Å². The third kappa shape index (κ3) is 2.08. The maximum Gasteiger partial charge on any atom is 0.316 e. The molecule has 1 aromatic carbocycles. The van der Waals surface area contributed by atoms with Crippen LogP contribution in [0.2, 0.25) is 0 Å². The molecule has 0 aliphatic rings. The first-order chi connectivity index (χ1) is 7.81. The fraction of sp³-hybridized carbons (Fsp3) is 0.0769. The second-order valence-corrected chi connectivity index (χ2v) is 3.30. The molecular weight excluding hydrogens is 200 g/mol. The van der Waals surface area contributed by atoms with Gasteiger partial charge >= 0.3 is 6.01 Å². The summed E-state index contributed by atoms with van der Waals surface area (Å²) in [6, 6.07) is 10.3. The molecule has 3 heteroatoms. The van der Waals surface area contributed by atoms with Crippen molar-refractivity contribution in [1.29, 1.82) is 0 Å². The first kappa shape index (κ1) is 10.4. The van der Waals surface area contributed by atoms with E-state index in [-0.39, 0.29) is 0 Å². The summed E-state index contributed by atoms with van der Waals surface area (Å²) in [4.78, 5) is 8.10. The number of hydrogen-bond acceptors (Lipinski definition) is 3. The van der Waals surface area contributed by atoms with Crippen molar-refractivity contribution < 1.29 is 4.74 Å². The van der Waals surface area contributed by atoms with Crippen molar-refractivity contribution in [2.45, 2.75) is 0 Å². The first-order valence-electron chi connectivity index (χ1n) is 4.92. The second-order valence-electron chi connectivity index (χ2n) is 3.30. The van der Waals surface area contributed by atoms with E-state index < -0.39 is 0 Å². The van der Waals surface area contributed by atoms with E-state index in [4.69, 9.17) is 4.74 Å². The highest BCUT2D eigenvalue weighted by atomic mass is 16.5. The average molecular weight is 212 g/mol. The zero-order valence-corrected chi connectivity index (χ0v) is 9.05. The molecule has 0 N–H and O–H groups in total. The molecule has 0 saturated heterocycles. The highest BCUT2D eigenvalue weighted by molar-refractivity contribution is 5.77. The Kier molecular flexibility index (Phi) is 2.96. The highest BCUT2D eigenvalue weighted by Gasteiger charge is 2.03. The van der Waals surface area contributed by atoms with Gasteiger partial charge in [-0.1, -0.05) is 36.9 Å². The van der Waals surface area contributed by atoms with E-state index in [0.29, 0.717) is 6.01 Å². The SMILES string of the molecule is C=C(c1ccccc1)c1cnc(OC)nc1. The van der Waals surface area contributed by atoms with Crippen LogP contribution in [0.25, 0.3) is 5.57 Å². The molecular formula is C13H12N2O. The van der Waals surface area contributed by atoms with E-state index in [1.54, 1.807) is 19.5 Å². The van der Waals surface area contributed by atoms with Gasteiger partial charge in [0.2, 0.25) is 0 Å². The van der Waals surface area contributed by atoms with Crippen LogP contribution in [0.5, 0.6) is 6.01 Å². The van der Waals surface area contributed by atoms with Crippen molar-refractivity contribution in [1.82, 2.24) is 9.97 Å². The molecule has 0 spiro atoms. The summed E-state index contributed by atoms with van der Waals surface area (Å²) in [5.74, 6) is 0.